The summed E-state index contributed by atoms with van der Waals surface area (Å²) in [5.41, 5.74) is 0.417. The molecule has 1 aliphatic carbocycles. The largest absolute Gasteiger partial charge is 0.493 e. The smallest absolute Gasteiger partial charge is 0.340 e. The molecule has 0 saturated heterocycles. The van der Waals surface area contributed by atoms with E-state index in [1.165, 1.54) is 46.1 Å². The van der Waals surface area contributed by atoms with E-state index in [1.54, 1.807) is 0 Å². The number of hydrogen-bond acceptors (Lipinski definition) is 7. The Balaban J connectivity index is 2.24. The van der Waals surface area contributed by atoms with Crippen LogP contribution in [-0.4, -0.2) is 39.2 Å². The van der Waals surface area contributed by atoms with Gasteiger partial charge in [0.1, 0.15) is 11.6 Å². The highest BCUT2D eigenvalue weighted by molar-refractivity contribution is 5.99. The molecule has 0 radical (unpaired) electrons. The summed E-state index contributed by atoms with van der Waals surface area (Å²) in [6.45, 7) is 0. The molecule has 0 aromatic heterocycles. The van der Waals surface area contributed by atoms with Crippen LogP contribution >= 0.6 is 0 Å². The molecule has 0 aliphatic heterocycles. The van der Waals surface area contributed by atoms with Gasteiger partial charge >= 0.3 is 5.97 Å². The van der Waals surface area contributed by atoms with E-state index in [4.69, 9.17) is 14.2 Å². The summed E-state index contributed by atoms with van der Waals surface area (Å²) >= 11 is 0. The molecule has 1 aromatic carbocycles. The summed E-state index contributed by atoms with van der Waals surface area (Å²) < 4.78 is 15.2. The van der Waals surface area contributed by atoms with Gasteiger partial charge in [-0.15, -0.1) is 0 Å². The fourth-order valence-electron chi connectivity index (χ4n) is 3.09. The Hall–Kier alpha value is -3.21. The molecule has 2 N–H and O–H groups in total. The van der Waals surface area contributed by atoms with Crippen molar-refractivity contribution in [1.29, 1.82) is 5.26 Å². The van der Waals surface area contributed by atoms with E-state index >= 15 is 0 Å². The third kappa shape index (κ3) is 5.16. The van der Waals surface area contributed by atoms with Gasteiger partial charge in [-0.3, -0.25) is 4.79 Å². The van der Waals surface area contributed by atoms with E-state index in [9.17, 15) is 14.9 Å². The molecule has 0 bridgehead atoms. The van der Waals surface area contributed by atoms with Gasteiger partial charge in [0, 0.05) is 24.4 Å². The second-order valence-electron chi connectivity index (χ2n) is 6.37. The van der Waals surface area contributed by atoms with Crippen LogP contribution in [0.25, 0.3) is 0 Å². The van der Waals surface area contributed by atoms with Crippen LogP contribution in [0.3, 0.4) is 0 Å². The Morgan fingerprint density at radius 1 is 1.11 bits per heavy atom. The molecule has 28 heavy (non-hydrogen) atoms. The quantitative estimate of drug-likeness (QED) is 0.420. The maximum atomic E-state index is 12.4. The van der Waals surface area contributed by atoms with Crippen molar-refractivity contribution in [2.24, 2.45) is 0 Å². The van der Waals surface area contributed by atoms with E-state index < -0.39 is 11.9 Å². The molecule has 0 atom stereocenters. The molecule has 150 valence electrons. The van der Waals surface area contributed by atoms with E-state index in [-0.39, 0.29) is 17.2 Å². The first-order valence-corrected chi connectivity index (χ1v) is 9.06. The highest BCUT2D eigenvalue weighted by Gasteiger charge is 2.20. The lowest BCUT2D eigenvalue weighted by Gasteiger charge is -2.22. The number of hydrogen-bond donors (Lipinski definition) is 2. The minimum absolute atomic E-state index is 0.0869. The zero-order valence-corrected chi connectivity index (χ0v) is 16.3. The number of esters is 1. The van der Waals surface area contributed by atoms with Crippen molar-refractivity contribution in [3.8, 4) is 17.6 Å². The fourth-order valence-corrected chi connectivity index (χ4v) is 3.09. The van der Waals surface area contributed by atoms with Crippen LogP contribution < -0.4 is 20.1 Å². The van der Waals surface area contributed by atoms with E-state index in [1.807, 2.05) is 6.07 Å². The monoisotopic (exact) mass is 387 g/mol. The van der Waals surface area contributed by atoms with E-state index in [0.29, 0.717) is 17.2 Å². The van der Waals surface area contributed by atoms with E-state index in [0.717, 1.165) is 25.7 Å². The number of carbonyl (C=O) groups is 2. The number of nitriles is 1. The van der Waals surface area contributed by atoms with Gasteiger partial charge in [0.05, 0.1) is 32.6 Å². The first kappa shape index (κ1) is 21.1. The first-order valence-electron chi connectivity index (χ1n) is 9.06. The van der Waals surface area contributed by atoms with Crippen molar-refractivity contribution < 1.29 is 23.8 Å². The molecule has 0 spiro atoms. The predicted octanol–water partition coefficient (Wildman–Crippen LogP) is 2.76. The normalized spacial score (nSPS) is 14.6. The Kier molecular flexibility index (Phi) is 7.69. The molecule has 8 heteroatoms. The molecular formula is C20H25N3O5. The molecule has 0 heterocycles. The Morgan fingerprint density at radius 2 is 1.75 bits per heavy atom. The summed E-state index contributed by atoms with van der Waals surface area (Å²) in [6.07, 6.45) is 6.42. The maximum absolute atomic E-state index is 12.4. The average Bonchev–Trinajstić information content (AvgIpc) is 2.73. The predicted molar refractivity (Wildman–Crippen MR) is 103 cm³/mol. The Labute approximate surface area is 164 Å². The van der Waals surface area contributed by atoms with Gasteiger partial charge in [0.15, 0.2) is 11.5 Å². The van der Waals surface area contributed by atoms with Crippen LogP contribution in [-0.2, 0) is 9.53 Å². The van der Waals surface area contributed by atoms with Crippen molar-refractivity contribution in [3.05, 3.63) is 29.5 Å². The van der Waals surface area contributed by atoms with Crippen LogP contribution in [0.4, 0.5) is 5.69 Å². The lowest BCUT2D eigenvalue weighted by molar-refractivity contribution is -0.118. The minimum Gasteiger partial charge on any atom is -0.493 e. The van der Waals surface area contributed by atoms with Crippen LogP contribution in [0.1, 0.15) is 42.5 Å². The van der Waals surface area contributed by atoms with Gasteiger partial charge in [-0.05, 0) is 12.8 Å². The molecule has 1 amide bonds. The van der Waals surface area contributed by atoms with Crippen molar-refractivity contribution in [3.63, 3.8) is 0 Å². The molecule has 1 aliphatic rings. The molecular weight excluding hydrogens is 362 g/mol. The van der Waals surface area contributed by atoms with Crippen LogP contribution in [0.15, 0.2) is 23.9 Å². The zero-order chi connectivity index (χ0) is 20.5. The standard InChI is InChI=1S/C20H25N3O5/c1-26-17-9-15(20(25)28-3)16(10-18(17)27-2)22-12-13(11-21)19(24)23-14-7-5-4-6-8-14/h9-10,12,14,22H,4-8H2,1-3H3,(H,23,24)/b13-12-. The summed E-state index contributed by atoms with van der Waals surface area (Å²) in [6, 6.07) is 4.98. The second kappa shape index (κ2) is 10.2. The minimum atomic E-state index is -0.595. The summed E-state index contributed by atoms with van der Waals surface area (Å²) in [5.74, 6) is -0.298. The molecule has 8 nitrogen and oxygen atoms in total. The number of methoxy groups -OCH3 is 3. The first-order chi connectivity index (χ1) is 13.5. The van der Waals surface area contributed by atoms with Crippen LogP contribution in [0.5, 0.6) is 11.5 Å². The molecule has 1 aromatic rings. The Morgan fingerprint density at radius 3 is 2.32 bits per heavy atom. The number of ether oxygens (including phenoxy) is 3. The number of anilines is 1. The van der Waals surface area contributed by atoms with Crippen molar-refractivity contribution >= 4 is 17.6 Å². The van der Waals surface area contributed by atoms with Gasteiger partial charge in [-0.1, -0.05) is 19.3 Å². The molecule has 0 unspecified atom stereocenters. The highest BCUT2D eigenvalue weighted by atomic mass is 16.5. The van der Waals surface area contributed by atoms with E-state index in [2.05, 4.69) is 10.6 Å². The third-order valence-electron chi connectivity index (χ3n) is 4.61. The van der Waals surface area contributed by atoms with Crippen molar-refractivity contribution in [2.45, 2.75) is 38.1 Å². The molecule has 1 fully saturated rings. The topological polar surface area (TPSA) is 110 Å². The van der Waals surface area contributed by atoms with Gasteiger partial charge in [0.25, 0.3) is 5.91 Å². The summed E-state index contributed by atoms with van der Waals surface area (Å²) in [4.78, 5) is 24.5. The SMILES string of the molecule is COC(=O)c1cc(OC)c(OC)cc1N/C=C(/C#N)C(=O)NC1CCCCC1. The number of amides is 1. The third-order valence-corrected chi connectivity index (χ3v) is 4.61. The number of nitrogens with zero attached hydrogens (tertiary/aromatic N) is 1. The lowest BCUT2D eigenvalue weighted by Crippen LogP contribution is -2.37. The summed E-state index contributed by atoms with van der Waals surface area (Å²) in [5, 5.41) is 15.1. The zero-order valence-electron chi connectivity index (χ0n) is 16.3. The molecule has 2 rings (SSSR count). The van der Waals surface area contributed by atoms with Gasteiger partial charge in [-0.25, -0.2) is 4.79 Å². The van der Waals surface area contributed by atoms with Crippen molar-refractivity contribution in [1.82, 2.24) is 5.32 Å². The van der Waals surface area contributed by atoms with Crippen molar-refractivity contribution in [2.75, 3.05) is 26.6 Å². The number of benzene rings is 1. The van der Waals surface area contributed by atoms with Crippen LogP contribution in [0.2, 0.25) is 0 Å². The van der Waals surface area contributed by atoms with Gasteiger partial charge in [0.2, 0.25) is 0 Å². The van der Waals surface area contributed by atoms with Gasteiger partial charge in [-0.2, -0.15) is 5.26 Å². The molecule has 1 saturated carbocycles. The highest BCUT2D eigenvalue weighted by Crippen LogP contribution is 2.33. The van der Waals surface area contributed by atoms with Crippen LogP contribution in [0, 0.1) is 11.3 Å². The number of rotatable bonds is 7. The van der Waals surface area contributed by atoms with Gasteiger partial charge < -0.3 is 24.8 Å². The average molecular weight is 387 g/mol. The number of nitrogens with one attached hydrogen (secondary N) is 2. The second-order valence-corrected chi connectivity index (χ2v) is 6.37. The fraction of sp³-hybridized carbons (Fsp3) is 0.450. The summed E-state index contributed by atoms with van der Waals surface area (Å²) in [7, 11) is 4.18. The number of carbonyl (C=O) groups excluding carboxylic acids is 2. The maximum Gasteiger partial charge on any atom is 0.340 e. The Bertz CT molecular complexity index is 792. The lowest BCUT2D eigenvalue weighted by atomic mass is 9.95.